The average Bonchev–Trinajstić information content (AvgIpc) is 3.07. The van der Waals surface area contributed by atoms with Gasteiger partial charge in [-0.3, -0.25) is 14.9 Å². The minimum absolute atomic E-state index is 0.0188. The molecule has 27 heavy (non-hydrogen) atoms. The van der Waals surface area contributed by atoms with Crippen molar-refractivity contribution in [2.75, 3.05) is 6.61 Å². The van der Waals surface area contributed by atoms with Gasteiger partial charge in [-0.1, -0.05) is 11.6 Å². The van der Waals surface area contributed by atoms with Gasteiger partial charge in [0.1, 0.15) is 5.75 Å². The van der Waals surface area contributed by atoms with E-state index in [2.05, 4.69) is 10.5 Å². The maximum absolute atomic E-state index is 12.3. The number of non-ortho nitro benzene ring substituents is 1. The van der Waals surface area contributed by atoms with Crippen molar-refractivity contribution >= 4 is 50.8 Å². The Morgan fingerprint density at radius 2 is 2.15 bits per heavy atom. The van der Waals surface area contributed by atoms with Gasteiger partial charge in [-0.05, 0) is 37.3 Å². The van der Waals surface area contributed by atoms with Crippen molar-refractivity contribution in [1.29, 1.82) is 0 Å². The summed E-state index contributed by atoms with van der Waals surface area (Å²) in [6.45, 7) is 2.35. The third-order valence-electron chi connectivity index (χ3n) is 3.58. The number of nitro groups is 1. The van der Waals surface area contributed by atoms with Crippen LogP contribution in [0.4, 0.5) is 5.69 Å². The number of nitrogens with zero attached hydrogens (tertiary/aromatic N) is 2. The lowest BCUT2D eigenvalue weighted by Crippen LogP contribution is -2.16. The van der Waals surface area contributed by atoms with Crippen LogP contribution < -0.4 is 10.2 Å². The first-order valence-corrected chi connectivity index (χ1v) is 9.11. The smallest absolute Gasteiger partial charge is 0.281 e. The van der Waals surface area contributed by atoms with Crippen LogP contribution in [0, 0.1) is 10.1 Å². The minimum atomic E-state index is -0.470. The molecule has 0 radical (unpaired) electrons. The minimum Gasteiger partial charge on any atom is -0.493 e. The van der Waals surface area contributed by atoms with Crippen LogP contribution in [-0.4, -0.2) is 23.7 Å². The quantitative estimate of drug-likeness (QED) is 0.369. The number of halogens is 1. The molecule has 1 aromatic heterocycles. The first kappa shape index (κ1) is 18.8. The summed E-state index contributed by atoms with van der Waals surface area (Å²) in [5.74, 6) is 0.198. The van der Waals surface area contributed by atoms with Crippen LogP contribution in [0.5, 0.6) is 5.75 Å². The Balaban J connectivity index is 1.76. The summed E-state index contributed by atoms with van der Waals surface area (Å²) in [4.78, 5) is 23.1. The number of hydrogen-bond donors (Lipinski definition) is 1. The number of thiophene rings is 1. The van der Waals surface area contributed by atoms with Crippen LogP contribution in [0.3, 0.4) is 0 Å². The summed E-state index contributed by atoms with van der Waals surface area (Å²) in [6, 6.07) is 11.2. The number of amides is 1. The third-order valence-corrected chi connectivity index (χ3v) is 4.93. The fourth-order valence-electron chi connectivity index (χ4n) is 2.38. The zero-order chi connectivity index (χ0) is 19.4. The van der Waals surface area contributed by atoms with Gasteiger partial charge in [-0.2, -0.15) is 5.10 Å². The number of hydrazone groups is 1. The molecule has 0 saturated carbocycles. The van der Waals surface area contributed by atoms with Gasteiger partial charge in [0, 0.05) is 32.8 Å². The first-order valence-electron chi connectivity index (χ1n) is 7.91. The Hall–Kier alpha value is -2.97. The number of fused-ring (bicyclic) bond motifs is 1. The lowest BCUT2D eigenvalue weighted by Gasteiger charge is -2.06. The topological polar surface area (TPSA) is 93.8 Å². The van der Waals surface area contributed by atoms with Crippen LogP contribution in [0.1, 0.15) is 22.2 Å². The van der Waals surface area contributed by atoms with E-state index in [4.69, 9.17) is 16.3 Å². The van der Waals surface area contributed by atoms with E-state index in [1.54, 1.807) is 30.3 Å². The first-order chi connectivity index (χ1) is 13.0. The van der Waals surface area contributed by atoms with Gasteiger partial charge in [-0.25, -0.2) is 5.43 Å². The van der Waals surface area contributed by atoms with Crippen LogP contribution in [0.25, 0.3) is 10.1 Å². The number of carbonyl (C=O) groups is 1. The number of hydrogen-bond acceptors (Lipinski definition) is 6. The van der Waals surface area contributed by atoms with E-state index in [0.29, 0.717) is 33.2 Å². The average molecular weight is 404 g/mol. The Bertz CT molecular complexity index is 1050. The summed E-state index contributed by atoms with van der Waals surface area (Å²) in [7, 11) is 0. The molecule has 0 atom stereocenters. The van der Waals surface area contributed by atoms with E-state index in [1.807, 2.05) is 6.92 Å². The van der Waals surface area contributed by atoms with Gasteiger partial charge in [0.15, 0.2) is 0 Å². The number of ether oxygens (including phenoxy) is 1. The molecule has 0 aliphatic carbocycles. The number of nitro benzene ring substituents is 1. The molecule has 0 saturated heterocycles. The molecule has 1 amide bonds. The molecule has 2 aromatic carbocycles. The monoisotopic (exact) mass is 403 g/mol. The molecule has 9 heteroatoms. The van der Waals surface area contributed by atoms with Crippen molar-refractivity contribution in [3.05, 3.63) is 68.0 Å². The zero-order valence-corrected chi connectivity index (χ0v) is 15.7. The molecule has 0 aliphatic rings. The highest BCUT2D eigenvalue weighted by Gasteiger charge is 2.13. The molecule has 7 nitrogen and oxygen atoms in total. The normalized spacial score (nSPS) is 11.0. The number of nitrogens with one attached hydrogen (secondary N) is 1. The van der Waals surface area contributed by atoms with Crippen molar-refractivity contribution in [3.8, 4) is 5.75 Å². The molecule has 0 fully saturated rings. The van der Waals surface area contributed by atoms with Gasteiger partial charge < -0.3 is 4.74 Å². The second-order valence-electron chi connectivity index (χ2n) is 5.40. The highest BCUT2D eigenvalue weighted by molar-refractivity contribution is 7.20. The number of benzene rings is 2. The molecule has 138 valence electrons. The van der Waals surface area contributed by atoms with Crippen molar-refractivity contribution in [2.45, 2.75) is 6.92 Å². The Morgan fingerprint density at radius 1 is 1.33 bits per heavy atom. The maximum Gasteiger partial charge on any atom is 0.281 e. The van der Waals surface area contributed by atoms with E-state index >= 15 is 0 Å². The summed E-state index contributed by atoms with van der Waals surface area (Å²) < 4.78 is 6.27. The fraction of sp³-hybridized carbons (Fsp3) is 0.111. The lowest BCUT2D eigenvalue weighted by molar-refractivity contribution is -0.384. The van der Waals surface area contributed by atoms with Gasteiger partial charge in [-0.15, -0.1) is 11.3 Å². The highest BCUT2D eigenvalue weighted by atomic mass is 35.5. The van der Waals surface area contributed by atoms with E-state index in [1.165, 1.54) is 29.7 Å². The maximum atomic E-state index is 12.3. The highest BCUT2D eigenvalue weighted by Crippen LogP contribution is 2.29. The molecule has 1 N–H and O–H groups in total. The predicted molar refractivity (Wildman–Crippen MR) is 106 cm³/mol. The Morgan fingerprint density at radius 3 is 2.89 bits per heavy atom. The molecule has 3 aromatic rings. The van der Waals surface area contributed by atoms with E-state index < -0.39 is 10.8 Å². The molecule has 0 unspecified atom stereocenters. The molecule has 3 rings (SSSR count). The van der Waals surface area contributed by atoms with Crippen LogP contribution in [-0.2, 0) is 0 Å². The summed E-state index contributed by atoms with van der Waals surface area (Å²) in [5, 5.41) is 16.0. The fourth-order valence-corrected chi connectivity index (χ4v) is 3.49. The molecule has 0 bridgehead atoms. The summed E-state index contributed by atoms with van der Waals surface area (Å²) in [6.07, 6.45) is 1.45. The number of carbonyl (C=O) groups excluding carboxylic acids is 1. The predicted octanol–water partition coefficient (Wildman–Crippen LogP) is 4.63. The Labute approximate surface area is 163 Å². The Kier molecular flexibility index (Phi) is 5.68. The van der Waals surface area contributed by atoms with Crippen molar-refractivity contribution < 1.29 is 14.5 Å². The third kappa shape index (κ3) is 4.42. The zero-order valence-electron chi connectivity index (χ0n) is 14.1. The van der Waals surface area contributed by atoms with Gasteiger partial charge >= 0.3 is 0 Å². The molecule has 0 spiro atoms. The van der Waals surface area contributed by atoms with Crippen molar-refractivity contribution in [2.24, 2.45) is 5.10 Å². The van der Waals surface area contributed by atoms with Crippen LogP contribution in [0.2, 0.25) is 5.02 Å². The van der Waals surface area contributed by atoms with Gasteiger partial charge in [0.2, 0.25) is 0 Å². The van der Waals surface area contributed by atoms with Crippen LogP contribution in [0.15, 0.2) is 47.6 Å². The molecule has 1 heterocycles. The van der Waals surface area contributed by atoms with E-state index in [0.717, 1.165) is 4.70 Å². The van der Waals surface area contributed by atoms with E-state index in [9.17, 15) is 14.9 Å². The second-order valence-corrected chi connectivity index (χ2v) is 6.92. The standard InChI is InChI=1S/C18H14ClN3O4S/c1-2-26-15-5-3-13(19)7-12(15)10-20-21-18(23)17-9-11-8-14(22(24)25)4-6-16(11)27-17/h3-10H,2H2,1H3,(H,21,23). The SMILES string of the molecule is CCOc1ccc(Cl)cc1C=NNC(=O)c1cc2cc([N+](=O)[O-])ccc2s1. The molecular formula is C18H14ClN3O4S. The van der Waals surface area contributed by atoms with E-state index in [-0.39, 0.29) is 5.69 Å². The second kappa shape index (κ2) is 8.15. The molecule has 0 aliphatic heterocycles. The summed E-state index contributed by atoms with van der Waals surface area (Å²) in [5.41, 5.74) is 3.06. The van der Waals surface area contributed by atoms with Crippen molar-refractivity contribution in [1.82, 2.24) is 5.43 Å². The van der Waals surface area contributed by atoms with Crippen LogP contribution >= 0.6 is 22.9 Å². The van der Waals surface area contributed by atoms with Crippen molar-refractivity contribution in [3.63, 3.8) is 0 Å². The van der Waals surface area contributed by atoms with Gasteiger partial charge in [0.25, 0.3) is 11.6 Å². The van der Waals surface area contributed by atoms with Gasteiger partial charge in [0.05, 0.1) is 22.6 Å². The summed E-state index contributed by atoms with van der Waals surface area (Å²) >= 11 is 7.22. The number of rotatable bonds is 6. The lowest BCUT2D eigenvalue weighted by atomic mass is 10.2. The molecular weight excluding hydrogens is 390 g/mol. The largest absolute Gasteiger partial charge is 0.493 e.